The van der Waals surface area contributed by atoms with E-state index >= 15 is 13.2 Å². The Labute approximate surface area is 202 Å². The highest BCUT2D eigenvalue weighted by Crippen LogP contribution is 2.51. The number of halogens is 5. The molecule has 0 N–H and O–H groups in total. The molecule has 1 aliphatic carbocycles. The van der Waals surface area contributed by atoms with Gasteiger partial charge >= 0.3 is 0 Å². The molecule has 4 rings (SSSR count). The molecule has 0 saturated heterocycles. The van der Waals surface area contributed by atoms with Gasteiger partial charge in [0.1, 0.15) is 18.2 Å². The minimum Gasteiger partial charge on any atom is -0.486 e. The number of fused-ring (bicyclic) bond motifs is 3. The molecule has 3 aromatic rings. The van der Waals surface area contributed by atoms with Gasteiger partial charge in [-0.3, -0.25) is 0 Å². The molecule has 2 atom stereocenters. The predicted octanol–water partition coefficient (Wildman–Crippen LogP) is 9.07. The van der Waals surface area contributed by atoms with E-state index in [9.17, 15) is 8.78 Å². The molecule has 1 aliphatic rings. The molecule has 3 aromatic carbocycles. The summed E-state index contributed by atoms with van der Waals surface area (Å²) in [6.07, 6.45) is 0.223. The molecule has 0 saturated carbocycles. The van der Waals surface area contributed by atoms with Crippen molar-refractivity contribution in [2.45, 2.75) is 71.3 Å². The fourth-order valence-electron chi connectivity index (χ4n) is 4.70. The quantitative estimate of drug-likeness (QED) is 0.216. The van der Waals surface area contributed by atoms with Crippen molar-refractivity contribution >= 4 is 0 Å². The first-order valence-corrected chi connectivity index (χ1v) is 12.2. The van der Waals surface area contributed by atoms with Crippen molar-refractivity contribution < 1.29 is 26.7 Å². The summed E-state index contributed by atoms with van der Waals surface area (Å²) in [5, 5.41) is 0. The monoisotopic (exact) mass is 488 g/mol. The lowest BCUT2D eigenvalue weighted by molar-refractivity contribution is 0.159. The van der Waals surface area contributed by atoms with E-state index in [4.69, 9.17) is 4.74 Å². The first-order valence-electron chi connectivity index (χ1n) is 12.2. The van der Waals surface area contributed by atoms with Crippen LogP contribution in [0.1, 0.15) is 79.7 Å². The van der Waals surface area contributed by atoms with E-state index in [1.165, 1.54) is 36.4 Å². The molecule has 0 aromatic heterocycles. The molecule has 1 nitrogen and oxygen atoms in total. The van der Waals surface area contributed by atoms with Gasteiger partial charge in [-0.1, -0.05) is 63.4 Å². The zero-order chi connectivity index (χ0) is 25.1. The van der Waals surface area contributed by atoms with Gasteiger partial charge in [0.2, 0.25) is 0 Å². The maximum Gasteiger partial charge on any atom is 0.165 e. The molecule has 2 unspecified atom stereocenters. The normalized spacial score (nSPS) is 16.7. The van der Waals surface area contributed by atoms with Crippen molar-refractivity contribution in [3.8, 4) is 16.9 Å². The summed E-state index contributed by atoms with van der Waals surface area (Å²) in [5.41, 5.74) is 0.582. The molecule has 0 heterocycles. The van der Waals surface area contributed by atoms with E-state index in [0.29, 0.717) is 18.4 Å². The van der Waals surface area contributed by atoms with E-state index in [2.05, 4.69) is 6.92 Å². The maximum atomic E-state index is 15.3. The number of alkyl halides is 2. The molecule has 0 fully saturated rings. The molecule has 0 amide bonds. The Hall–Kier alpha value is -2.89. The SMILES string of the molecule is CCCCCc1ccc(OCc2ccc3c(c2F)C(F)C(F)c2c-3ccc(CCC)c2F)c(F)c1. The van der Waals surface area contributed by atoms with E-state index in [-0.39, 0.29) is 34.6 Å². The lowest BCUT2D eigenvalue weighted by atomic mass is 9.81. The number of hydrogen-bond donors (Lipinski definition) is 0. The summed E-state index contributed by atoms with van der Waals surface area (Å²) >= 11 is 0. The first-order chi connectivity index (χ1) is 16.9. The van der Waals surface area contributed by atoms with Gasteiger partial charge < -0.3 is 4.74 Å². The van der Waals surface area contributed by atoms with Gasteiger partial charge in [-0.05, 0) is 53.6 Å². The molecule has 0 radical (unpaired) electrons. The summed E-state index contributed by atoms with van der Waals surface area (Å²) < 4.78 is 80.4. The summed E-state index contributed by atoms with van der Waals surface area (Å²) in [6, 6.07) is 10.6. The molecule has 186 valence electrons. The Kier molecular flexibility index (Phi) is 7.78. The molecular weight excluding hydrogens is 459 g/mol. The second-order valence-electron chi connectivity index (χ2n) is 9.06. The number of ether oxygens (including phenoxy) is 1. The van der Waals surface area contributed by atoms with E-state index in [0.717, 1.165) is 31.2 Å². The zero-order valence-electron chi connectivity index (χ0n) is 19.9. The second kappa shape index (κ2) is 10.8. The molecule has 0 bridgehead atoms. The summed E-state index contributed by atoms with van der Waals surface area (Å²) in [6.45, 7) is 3.61. The third-order valence-electron chi connectivity index (χ3n) is 6.59. The Morgan fingerprint density at radius 3 is 1.94 bits per heavy atom. The van der Waals surface area contributed by atoms with E-state index < -0.39 is 35.4 Å². The minimum atomic E-state index is -2.36. The summed E-state index contributed by atoms with van der Waals surface area (Å²) in [7, 11) is 0. The van der Waals surface area contributed by atoms with Crippen LogP contribution in [-0.2, 0) is 19.4 Å². The standard InChI is InChI=1S/C29H29F5O/c1-3-5-6-8-17-9-14-23(22(30)15-17)35-16-19-11-13-21-20-12-10-18(7-4-2)26(31)24(20)28(33)29(34)25(21)27(19)32/h9-15,28-29H,3-8,16H2,1-2H3. The predicted molar refractivity (Wildman–Crippen MR) is 127 cm³/mol. The zero-order valence-corrected chi connectivity index (χ0v) is 19.9. The summed E-state index contributed by atoms with van der Waals surface area (Å²) in [5.74, 6) is -2.33. The molecule has 0 aliphatic heterocycles. The Bertz CT molecular complexity index is 1210. The second-order valence-corrected chi connectivity index (χ2v) is 9.06. The fraction of sp³-hybridized carbons (Fsp3) is 0.379. The van der Waals surface area contributed by atoms with Crippen LogP contribution in [0.3, 0.4) is 0 Å². The highest BCUT2D eigenvalue weighted by atomic mass is 19.2. The van der Waals surface area contributed by atoms with Gasteiger partial charge in [-0.2, -0.15) is 0 Å². The van der Waals surface area contributed by atoms with Crippen molar-refractivity contribution in [2.24, 2.45) is 0 Å². The topological polar surface area (TPSA) is 9.23 Å². The Morgan fingerprint density at radius 2 is 1.34 bits per heavy atom. The molecular formula is C29H29F5O. The van der Waals surface area contributed by atoms with Crippen LogP contribution in [-0.4, -0.2) is 0 Å². The van der Waals surface area contributed by atoms with Crippen LogP contribution in [0.4, 0.5) is 22.0 Å². The van der Waals surface area contributed by atoms with E-state index in [1.54, 1.807) is 6.07 Å². The number of benzene rings is 3. The molecule has 0 spiro atoms. The lowest BCUT2D eigenvalue weighted by Crippen LogP contribution is -2.17. The van der Waals surface area contributed by atoms with Crippen LogP contribution in [0.25, 0.3) is 11.1 Å². The number of rotatable bonds is 9. The van der Waals surface area contributed by atoms with Crippen LogP contribution in [0.2, 0.25) is 0 Å². The largest absolute Gasteiger partial charge is 0.486 e. The van der Waals surface area contributed by atoms with Gasteiger partial charge in [0.15, 0.2) is 23.9 Å². The van der Waals surface area contributed by atoms with Gasteiger partial charge in [-0.15, -0.1) is 0 Å². The Morgan fingerprint density at radius 1 is 0.714 bits per heavy atom. The third kappa shape index (κ3) is 4.93. The van der Waals surface area contributed by atoms with Crippen molar-refractivity contribution in [3.05, 3.63) is 87.7 Å². The maximum absolute atomic E-state index is 15.3. The molecule has 35 heavy (non-hydrogen) atoms. The van der Waals surface area contributed by atoms with Gasteiger partial charge in [-0.25, -0.2) is 22.0 Å². The number of unbranched alkanes of at least 4 members (excludes halogenated alkanes) is 2. The lowest BCUT2D eigenvalue weighted by Gasteiger charge is -2.28. The van der Waals surface area contributed by atoms with Crippen LogP contribution >= 0.6 is 0 Å². The number of hydrogen-bond acceptors (Lipinski definition) is 1. The van der Waals surface area contributed by atoms with Crippen molar-refractivity contribution in [1.82, 2.24) is 0 Å². The van der Waals surface area contributed by atoms with Crippen molar-refractivity contribution in [2.75, 3.05) is 0 Å². The van der Waals surface area contributed by atoms with Gasteiger partial charge in [0.05, 0.1) is 0 Å². The number of aryl methyl sites for hydroxylation is 2. The summed E-state index contributed by atoms with van der Waals surface area (Å²) in [4.78, 5) is 0. The van der Waals surface area contributed by atoms with Gasteiger partial charge in [0, 0.05) is 16.7 Å². The fourth-order valence-corrected chi connectivity index (χ4v) is 4.70. The first kappa shape index (κ1) is 25.2. The van der Waals surface area contributed by atoms with Crippen LogP contribution < -0.4 is 4.74 Å². The highest BCUT2D eigenvalue weighted by molar-refractivity contribution is 5.76. The minimum absolute atomic E-state index is 0.0310. The van der Waals surface area contributed by atoms with Crippen LogP contribution in [0, 0.1) is 17.5 Å². The van der Waals surface area contributed by atoms with Crippen molar-refractivity contribution in [1.29, 1.82) is 0 Å². The third-order valence-corrected chi connectivity index (χ3v) is 6.59. The highest BCUT2D eigenvalue weighted by Gasteiger charge is 2.39. The van der Waals surface area contributed by atoms with Crippen LogP contribution in [0.15, 0.2) is 42.5 Å². The average molecular weight is 489 g/mol. The smallest absolute Gasteiger partial charge is 0.165 e. The van der Waals surface area contributed by atoms with Crippen molar-refractivity contribution in [3.63, 3.8) is 0 Å². The van der Waals surface area contributed by atoms with Gasteiger partial charge in [0.25, 0.3) is 0 Å². The van der Waals surface area contributed by atoms with E-state index in [1.807, 2.05) is 6.92 Å². The van der Waals surface area contributed by atoms with Crippen LogP contribution in [0.5, 0.6) is 5.75 Å². The Balaban J connectivity index is 1.59. The average Bonchev–Trinajstić information content (AvgIpc) is 2.84. The molecule has 6 heteroatoms.